The molecule has 2 N–H and O–H groups in total. The van der Waals surface area contributed by atoms with Gasteiger partial charge in [-0.2, -0.15) is 4.72 Å². The summed E-state index contributed by atoms with van der Waals surface area (Å²) in [5.74, 6) is -1.20. The summed E-state index contributed by atoms with van der Waals surface area (Å²) in [6.07, 6.45) is 0.130. The molecule has 0 aromatic heterocycles. The third-order valence-electron chi connectivity index (χ3n) is 4.96. The monoisotopic (exact) mass is 474 g/mol. The van der Waals surface area contributed by atoms with Gasteiger partial charge in [0.25, 0.3) is 0 Å². The number of rotatable bonds is 7. The van der Waals surface area contributed by atoms with Crippen LogP contribution in [0.5, 0.6) is 0 Å². The molecule has 0 fully saturated rings. The molecular formula is C24H24ClFN2O3S. The Hall–Kier alpha value is -2.74. The van der Waals surface area contributed by atoms with Crippen molar-refractivity contribution < 1.29 is 17.6 Å². The number of sulfonamides is 1. The van der Waals surface area contributed by atoms with Crippen molar-refractivity contribution in [1.29, 1.82) is 0 Å². The topological polar surface area (TPSA) is 75.3 Å². The zero-order chi connectivity index (χ0) is 23.5. The van der Waals surface area contributed by atoms with Crippen LogP contribution in [-0.2, 0) is 21.2 Å². The number of aryl methyl sites for hydroxylation is 3. The molecule has 8 heteroatoms. The quantitative estimate of drug-likeness (QED) is 0.509. The van der Waals surface area contributed by atoms with Gasteiger partial charge in [-0.1, -0.05) is 59.6 Å². The van der Waals surface area contributed by atoms with Crippen molar-refractivity contribution in [1.82, 2.24) is 4.72 Å². The fraction of sp³-hybridized carbons (Fsp3) is 0.208. The van der Waals surface area contributed by atoms with Crippen molar-refractivity contribution in [3.63, 3.8) is 0 Å². The molecule has 0 radical (unpaired) electrons. The summed E-state index contributed by atoms with van der Waals surface area (Å²) < 4.78 is 42.6. The van der Waals surface area contributed by atoms with E-state index in [4.69, 9.17) is 11.6 Å². The molecule has 168 valence electrons. The lowest BCUT2D eigenvalue weighted by molar-refractivity contribution is -0.117. The Bertz CT molecular complexity index is 1220. The van der Waals surface area contributed by atoms with E-state index in [1.54, 1.807) is 26.0 Å². The molecule has 5 nitrogen and oxygen atoms in total. The maximum Gasteiger partial charge on any atom is 0.242 e. The summed E-state index contributed by atoms with van der Waals surface area (Å²) in [5, 5.41) is 2.48. The lowest BCUT2D eigenvalue weighted by Crippen LogP contribution is -2.45. The normalized spacial score (nSPS) is 12.4. The Morgan fingerprint density at radius 3 is 2.22 bits per heavy atom. The van der Waals surface area contributed by atoms with Crippen LogP contribution in [0, 0.1) is 26.6 Å². The van der Waals surface area contributed by atoms with Crippen molar-refractivity contribution in [2.45, 2.75) is 38.1 Å². The van der Waals surface area contributed by atoms with Crippen molar-refractivity contribution in [2.24, 2.45) is 0 Å². The Morgan fingerprint density at radius 2 is 1.62 bits per heavy atom. The predicted molar refractivity (Wildman–Crippen MR) is 125 cm³/mol. The molecule has 0 aliphatic carbocycles. The molecule has 3 aromatic rings. The average Bonchev–Trinajstić information content (AvgIpc) is 2.70. The van der Waals surface area contributed by atoms with Crippen LogP contribution < -0.4 is 10.0 Å². The van der Waals surface area contributed by atoms with E-state index in [0.717, 1.165) is 17.2 Å². The molecule has 3 aromatic carbocycles. The molecule has 32 heavy (non-hydrogen) atoms. The van der Waals surface area contributed by atoms with E-state index < -0.39 is 27.8 Å². The van der Waals surface area contributed by atoms with Crippen molar-refractivity contribution in [3.05, 3.63) is 93.8 Å². The van der Waals surface area contributed by atoms with Gasteiger partial charge in [0.05, 0.1) is 9.92 Å². The summed E-state index contributed by atoms with van der Waals surface area (Å²) in [7, 11) is -4.01. The maximum absolute atomic E-state index is 13.5. The van der Waals surface area contributed by atoms with Crippen LogP contribution in [0.1, 0.15) is 22.3 Å². The SMILES string of the molecule is Cc1cc(C)c(S(=O)(=O)N[C@@H](Cc2ccccc2)C(=O)Nc2ccc(F)c(Cl)c2)c(C)c1. The Balaban J connectivity index is 1.93. The zero-order valence-corrected chi connectivity index (χ0v) is 19.5. The number of amides is 1. The smallest absolute Gasteiger partial charge is 0.242 e. The van der Waals surface area contributed by atoms with Gasteiger partial charge < -0.3 is 5.32 Å². The standard InChI is InChI=1S/C24H24ClFN2O3S/c1-15-11-16(2)23(17(3)12-15)32(30,31)28-22(13-18-7-5-4-6-8-18)24(29)27-19-9-10-21(26)20(25)14-19/h4-12,14,22,28H,13H2,1-3H3,(H,27,29)/t22-/m0/s1. The summed E-state index contributed by atoms with van der Waals surface area (Å²) in [6, 6.07) is 15.3. The fourth-order valence-electron chi connectivity index (χ4n) is 3.68. The first kappa shape index (κ1) is 23.9. The van der Waals surface area contributed by atoms with Crippen molar-refractivity contribution >= 4 is 33.2 Å². The van der Waals surface area contributed by atoms with Gasteiger partial charge in [0.15, 0.2) is 0 Å². The van der Waals surface area contributed by atoms with Crippen LogP contribution in [0.15, 0.2) is 65.6 Å². The molecule has 0 heterocycles. The minimum atomic E-state index is -4.01. The number of benzene rings is 3. The highest BCUT2D eigenvalue weighted by atomic mass is 35.5. The number of hydrogen-bond acceptors (Lipinski definition) is 3. The average molecular weight is 475 g/mol. The predicted octanol–water partition coefficient (Wildman–Crippen LogP) is 4.93. The molecule has 1 atom stereocenters. The van der Waals surface area contributed by atoms with Crippen LogP contribution in [0.4, 0.5) is 10.1 Å². The van der Waals surface area contributed by atoms with Crippen molar-refractivity contribution in [3.8, 4) is 0 Å². The van der Waals surface area contributed by atoms with Crippen molar-refractivity contribution in [2.75, 3.05) is 5.32 Å². The van der Waals surface area contributed by atoms with Crippen LogP contribution in [-0.4, -0.2) is 20.4 Å². The molecule has 0 aliphatic heterocycles. The van der Waals surface area contributed by atoms with E-state index in [1.807, 2.05) is 37.3 Å². The molecule has 0 bridgehead atoms. The fourth-order valence-corrected chi connectivity index (χ4v) is 5.51. The first-order valence-electron chi connectivity index (χ1n) is 9.97. The minimum absolute atomic E-state index is 0.130. The molecular weight excluding hydrogens is 451 g/mol. The highest BCUT2D eigenvalue weighted by Gasteiger charge is 2.28. The van der Waals surface area contributed by atoms with Gasteiger partial charge in [0.2, 0.25) is 15.9 Å². The highest BCUT2D eigenvalue weighted by Crippen LogP contribution is 2.23. The second-order valence-electron chi connectivity index (χ2n) is 7.71. The number of hydrogen-bond donors (Lipinski definition) is 2. The number of nitrogens with one attached hydrogen (secondary N) is 2. The number of halogens is 2. The van der Waals surface area contributed by atoms with Crippen LogP contribution in [0.25, 0.3) is 0 Å². The number of carbonyl (C=O) groups is 1. The minimum Gasteiger partial charge on any atom is -0.325 e. The maximum atomic E-state index is 13.5. The number of carbonyl (C=O) groups excluding carboxylic acids is 1. The third-order valence-corrected chi connectivity index (χ3v) is 7.02. The van der Waals surface area contributed by atoms with Gasteiger partial charge in [-0.05, 0) is 62.1 Å². The second-order valence-corrected chi connectivity index (χ2v) is 9.77. The Kier molecular flexibility index (Phi) is 7.33. The summed E-state index contributed by atoms with van der Waals surface area (Å²) in [5.41, 5.74) is 3.19. The van der Waals surface area contributed by atoms with E-state index in [2.05, 4.69) is 10.0 Å². The summed E-state index contributed by atoms with van der Waals surface area (Å²) in [4.78, 5) is 13.2. The van der Waals surface area contributed by atoms with Gasteiger partial charge >= 0.3 is 0 Å². The summed E-state index contributed by atoms with van der Waals surface area (Å²) >= 11 is 5.80. The Labute approximate surface area is 192 Å². The molecule has 1 amide bonds. The molecule has 3 rings (SSSR count). The van der Waals surface area contributed by atoms with E-state index in [1.165, 1.54) is 12.1 Å². The third kappa shape index (κ3) is 5.73. The van der Waals surface area contributed by atoms with Gasteiger partial charge in [-0.15, -0.1) is 0 Å². The molecule has 0 aliphatic rings. The van der Waals surface area contributed by atoms with E-state index in [9.17, 15) is 17.6 Å². The highest BCUT2D eigenvalue weighted by molar-refractivity contribution is 7.89. The zero-order valence-electron chi connectivity index (χ0n) is 17.9. The van der Waals surface area contributed by atoms with Gasteiger partial charge in [0, 0.05) is 5.69 Å². The van der Waals surface area contributed by atoms with Gasteiger partial charge in [-0.3, -0.25) is 4.79 Å². The lowest BCUT2D eigenvalue weighted by Gasteiger charge is -2.21. The molecule has 0 saturated heterocycles. The van der Waals surface area contributed by atoms with E-state index in [0.29, 0.717) is 11.1 Å². The van der Waals surface area contributed by atoms with E-state index in [-0.39, 0.29) is 22.0 Å². The Morgan fingerprint density at radius 1 is 1.00 bits per heavy atom. The first-order chi connectivity index (χ1) is 15.1. The number of anilines is 1. The molecule has 0 saturated carbocycles. The van der Waals surface area contributed by atoms with Crippen LogP contribution in [0.2, 0.25) is 5.02 Å². The first-order valence-corrected chi connectivity index (χ1v) is 11.8. The van der Waals surface area contributed by atoms with Crippen LogP contribution in [0.3, 0.4) is 0 Å². The van der Waals surface area contributed by atoms with Gasteiger partial charge in [0.1, 0.15) is 11.9 Å². The van der Waals surface area contributed by atoms with Crippen LogP contribution >= 0.6 is 11.6 Å². The molecule has 0 spiro atoms. The lowest BCUT2D eigenvalue weighted by atomic mass is 10.1. The van der Waals surface area contributed by atoms with Gasteiger partial charge in [-0.25, -0.2) is 12.8 Å². The van der Waals surface area contributed by atoms with E-state index >= 15 is 0 Å². The summed E-state index contributed by atoms with van der Waals surface area (Å²) in [6.45, 7) is 5.34. The molecule has 0 unspecified atom stereocenters. The second kappa shape index (κ2) is 9.81. The largest absolute Gasteiger partial charge is 0.325 e.